The minimum absolute atomic E-state index is 0.0538. The minimum atomic E-state index is -0.728. The van der Waals surface area contributed by atoms with E-state index in [0.29, 0.717) is 5.92 Å². The predicted octanol–water partition coefficient (Wildman–Crippen LogP) is 1.61. The summed E-state index contributed by atoms with van der Waals surface area (Å²) in [6, 6.07) is 0. The van der Waals surface area contributed by atoms with Crippen molar-refractivity contribution in [1.29, 1.82) is 0 Å². The molecule has 0 unspecified atom stereocenters. The van der Waals surface area contributed by atoms with E-state index in [2.05, 4.69) is 5.32 Å². The van der Waals surface area contributed by atoms with E-state index in [1.165, 1.54) is 25.7 Å². The smallest absolute Gasteiger partial charge is 0.232 e. The van der Waals surface area contributed by atoms with E-state index < -0.39 is 5.41 Å². The standard InChI is InChI=1S/C11H20N2OS/c1-11(2,9(12)15)10(14)13-7-8-5-3-4-6-8/h8H,3-7H2,1-2H3,(H2,12,15)(H,13,14). The first-order chi connectivity index (χ1) is 6.94. The maximum Gasteiger partial charge on any atom is 0.232 e. The molecular formula is C11H20N2OS. The zero-order valence-corrected chi connectivity index (χ0v) is 10.3. The van der Waals surface area contributed by atoms with Crippen molar-refractivity contribution in [3.8, 4) is 0 Å². The van der Waals surface area contributed by atoms with E-state index in [-0.39, 0.29) is 10.9 Å². The third kappa shape index (κ3) is 3.16. The third-order valence-electron chi connectivity index (χ3n) is 3.21. The van der Waals surface area contributed by atoms with Gasteiger partial charge in [0, 0.05) is 6.54 Å². The zero-order chi connectivity index (χ0) is 11.5. The molecule has 3 nitrogen and oxygen atoms in total. The quantitative estimate of drug-likeness (QED) is 0.719. The molecule has 0 aromatic carbocycles. The van der Waals surface area contributed by atoms with Gasteiger partial charge in [0.1, 0.15) is 0 Å². The summed E-state index contributed by atoms with van der Waals surface area (Å²) in [5.74, 6) is 0.595. The molecule has 1 fully saturated rings. The molecule has 15 heavy (non-hydrogen) atoms. The third-order valence-corrected chi connectivity index (χ3v) is 3.72. The van der Waals surface area contributed by atoms with Crippen LogP contribution < -0.4 is 11.1 Å². The lowest BCUT2D eigenvalue weighted by Crippen LogP contribution is -2.45. The summed E-state index contributed by atoms with van der Waals surface area (Å²) in [7, 11) is 0. The molecular weight excluding hydrogens is 208 g/mol. The van der Waals surface area contributed by atoms with Gasteiger partial charge in [-0.15, -0.1) is 0 Å². The monoisotopic (exact) mass is 228 g/mol. The summed E-state index contributed by atoms with van der Waals surface area (Å²) in [5, 5.41) is 2.94. The molecule has 4 heteroatoms. The molecule has 0 aromatic rings. The van der Waals surface area contributed by atoms with Crippen LogP contribution in [0.2, 0.25) is 0 Å². The van der Waals surface area contributed by atoms with Crippen molar-refractivity contribution in [2.24, 2.45) is 17.1 Å². The number of hydrogen-bond donors (Lipinski definition) is 2. The minimum Gasteiger partial charge on any atom is -0.392 e. The molecule has 0 heterocycles. The molecule has 1 saturated carbocycles. The lowest BCUT2D eigenvalue weighted by Gasteiger charge is -2.23. The van der Waals surface area contributed by atoms with Crippen LogP contribution in [0.1, 0.15) is 39.5 Å². The van der Waals surface area contributed by atoms with Crippen molar-refractivity contribution >= 4 is 23.1 Å². The number of rotatable bonds is 4. The summed E-state index contributed by atoms with van der Waals surface area (Å²) >= 11 is 4.87. The molecule has 1 rings (SSSR count). The number of carbonyl (C=O) groups excluding carboxylic acids is 1. The van der Waals surface area contributed by atoms with Crippen molar-refractivity contribution in [3.05, 3.63) is 0 Å². The van der Waals surface area contributed by atoms with Crippen LogP contribution >= 0.6 is 12.2 Å². The van der Waals surface area contributed by atoms with Crippen LogP contribution in [0.5, 0.6) is 0 Å². The van der Waals surface area contributed by atoms with Crippen LogP contribution in [0.3, 0.4) is 0 Å². The van der Waals surface area contributed by atoms with Gasteiger partial charge < -0.3 is 11.1 Å². The van der Waals surface area contributed by atoms with Gasteiger partial charge >= 0.3 is 0 Å². The largest absolute Gasteiger partial charge is 0.392 e. The summed E-state index contributed by atoms with van der Waals surface area (Å²) in [6.45, 7) is 4.30. The van der Waals surface area contributed by atoms with Crippen molar-refractivity contribution in [3.63, 3.8) is 0 Å². The molecule has 1 aliphatic carbocycles. The Hall–Kier alpha value is -0.640. The van der Waals surface area contributed by atoms with E-state index in [0.717, 1.165) is 6.54 Å². The Labute approximate surface area is 96.8 Å². The summed E-state index contributed by atoms with van der Waals surface area (Å²) < 4.78 is 0. The van der Waals surface area contributed by atoms with E-state index in [1.807, 2.05) is 0 Å². The van der Waals surface area contributed by atoms with Crippen LogP contribution in [-0.4, -0.2) is 17.4 Å². The Morgan fingerprint density at radius 1 is 1.47 bits per heavy atom. The Kier molecular flexibility index (Phi) is 4.08. The average molecular weight is 228 g/mol. The van der Waals surface area contributed by atoms with Gasteiger partial charge in [0.15, 0.2) is 0 Å². The van der Waals surface area contributed by atoms with Crippen LogP contribution in [0.4, 0.5) is 0 Å². The van der Waals surface area contributed by atoms with Gasteiger partial charge in [-0.25, -0.2) is 0 Å². The first-order valence-electron chi connectivity index (χ1n) is 5.53. The van der Waals surface area contributed by atoms with Gasteiger partial charge in [0.05, 0.1) is 10.4 Å². The number of amides is 1. The summed E-state index contributed by atoms with van der Waals surface area (Å²) in [5.41, 5.74) is 4.80. The van der Waals surface area contributed by atoms with Gasteiger partial charge in [-0.1, -0.05) is 25.1 Å². The highest BCUT2D eigenvalue weighted by Crippen LogP contribution is 2.24. The fourth-order valence-corrected chi connectivity index (χ4v) is 1.88. The molecule has 0 bridgehead atoms. The van der Waals surface area contributed by atoms with Gasteiger partial charge in [-0.05, 0) is 32.6 Å². The van der Waals surface area contributed by atoms with Crippen molar-refractivity contribution in [2.75, 3.05) is 6.54 Å². The highest BCUT2D eigenvalue weighted by molar-refractivity contribution is 7.80. The number of thiocarbonyl (C=S) groups is 1. The van der Waals surface area contributed by atoms with Crippen molar-refractivity contribution < 1.29 is 4.79 Å². The molecule has 0 radical (unpaired) electrons. The van der Waals surface area contributed by atoms with E-state index in [9.17, 15) is 4.79 Å². The fraction of sp³-hybridized carbons (Fsp3) is 0.818. The summed E-state index contributed by atoms with van der Waals surface area (Å²) in [6.07, 6.45) is 5.04. The predicted molar refractivity (Wildman–Crippen MR) is 65.5 cm³/mol. The first-order valence-corrected chi connectivity index (χ1v) is 5.93. The van der Waals surface area contributed by atoms with Gasteiger partial charge in [0.2, 0.25) is 5.91 Å². The summed E-state index contributed by atoms with van der Waals surface area (Å²) in [4.78, 5) is 12.0. The molecule has 0 atom stereocenters. The van der Waals surface area contributed by atoms with Gasteiger partial charge in [0.25, 0.3) is 0 Å². The van der Waals surface area contributed by atoms with Gasteiger partial charge in [-0.3, -0.25) is 4.79 Å². The van der Waals surface area contributed by atoms with E-state index in [4.69, 9.17) is 18.0 Å². The van der Waals surface area contributed by atoms with Crippen molar-refractivity contribution in [1.82, 2.24) is 5.32 Å². The molecule has 0 aromatic heterocycles. The highest BCUT2D eigenvalue weighted by Gasteiger charge is 2.31. The fourth-order valence-electron chi connectivity index (χ4n) is 1.78. The van der Waals surface area contributed by atoms with Crippen LogP contribution in [-0.2, 0) is 4.79 Å². The van der Waals surface area contributed by atoms with E-state index in [1.54, 1.807) is 13.8 Å². The Morgan fingerprint density at radius 2 is 2.00 bits per heavy atom. The number of nitrogens with two attached hydrogens (primary N) is 1. The number of hydrogen-bond acceptors (Lipinski definition) is 2. The topological polar surface area (TPSA) is 55.1 Å². The van der Waals surface area contributed by atoms with Crippen LogP contribution in [0.25, 0.3) is 0 Å². The number of nitrogens with one attached hydrogen (secondary N) is 1. The second-order valence-corrected chi connectivity index (χ2v) is 5.29. The molecule has 86 valence electrons. The highest BCUT2D eigenvalue weighted by atomic mass is 32.1. The van der Waals surface area contributed by atoms with Crippen molar-refractivity contribution in [2.45, 2.75) is 39.5 Å². The average Bonchev–Trinajstić information content (AvgIpc) is 2.66. The maximum absolute atomic E-state index is 11.8. The lowest BCUT2D eigenvalue weighted by molar-refractivity contribution is -0.126. The molecule has 1 aliphatic rings. The normalized spacial score (nSPS) is 17.7. The SMILES string of the molecule is CC(C)(C(=O)NCC1CCCC1)C(N)=S. The second-order valence-electron chi connectivity index (χ2n) is 4.85. The second kappa shape index (κ2) is 4.92. The Balaban J connectivity index is 2.38. The first kappa shape index (κ1) is 12.4. The Morgan fingerprint density at radius 3 is 2.47 bits per heavy atom. The zero-order valence-electron chi connectivity index (χ0n) is 9.51. The Bertz CT molecular complexity index is 257. The lowest BCUT2D eigenvalue weighted by atomic mass is 9.92. The molecule has 0 spiro atoms. The maximum atomic E-state index is 11.8. The van der Waals surface area contributed by atoms with Gasteiger partial charge in [-0.2, -0.15) is 0 Å². The van der Waals surface area contributed by atoms with Crippen LogP contribution in [0, 0.1) is 11.3 Å². The molecule has 0 saturated heterocycles. The molecule has 1 amide bonds. The number of carbonyl (C=O) groups is 1. The van der Waals surface area contributed by atoms with Crippen LogP contribution in [0.15, 0.2) is 0 Å². The van der Waals surface area contributed by atoms with E-state index >= 15 is 0 Å². The molecule has 0 aliphatic heterocycles. The molecule has 3 N–H and O–H groups in total.